The molecule has 0 aromatic heterocycles. The van der Waals surface area contributed by atoms with Crippen molar-refractivity contribution >= 4 is 17.8 Å². The van der Waals surface area contributed by atoms with Crippen molar-refractivity contribution in [2.75, 3.05) is 32.8 Å². The van der Waals surface area contributed by atoms with Gasteiger partial charge >= 0.3 is 0 Å². The number of unbranched alkanes of at least 4 members (excludes halogenated alkanes) is 1. The minimum atomic E-state index is -0.111. The van der Waals surface area contributed by atoms with Gasteiger partial charge in [-0.05, 0) is 50.9 Å². The first-order valence-corrected chi connectivity index (χ1v) is 12.9. The number of carbonyl (C=O) groups excluding carboxylic acids is 2. The number of amides is 2. The molecule has 0 radical (unpaired) electrons. The number of likely N-dealkylation sites (tertiary alicyclic amines) is 1. The lowest BCUT2D eigenvalue weighted by atomic mass is 9.85. The van der Waals surface area contributed by atoms with Gasteiger partial charge in [0.15, 0.2) is 5.96 Å². The number of nitrogens with one attached hydrogen (secondary N) is 2. The van der Waals surface area contributed by atoms with E-state index in [-0.39, 0.29) is 35.5 Å². The van der Waals surface area contributed by atoms with Gasteiger partial charge in [-0.2, -0.15) is 0 Å². The van der Waals surface area contributed by atoms with Crippen LogP contribution in [0.25, 0.3) is 0 Å². The minimum absolute atomic E-state index is 0.0225. The quantitative estimate of drug-likeness (QED) is 0.135. The first-order chi connectivity index (χ1) is 15.7. The van der Waals surface area contributed by atoms with Crippen molar-refractivity contribution in [1.82, 2.24) is 15.5 Å². The van der Waals surface area contributed by atoms with Gasteiger partial charge in [0, 0.05) is 32.8 Å². The number of nitrogens with zero attached hydrogens (tertiary/aromatic N) is 2. The molecule has 2 amide bonds. The summed E-state index contributed by atoms with van der Waals surface area (Å²) in [5, 5.41) is 6.54. The monoisotopic (exact) mass is 444 g/mol. The molecule has 1 heterocycles. The predicted octanol–water partition coefficient (Wildman–Crippen LogP) is 2.87. The lowest BCUT2D eigenvalue weighted by Gasteiger charge is -2.18. The van der Waals surface area contributed by atoms with E-state index in [0.29, 0.717) is 19.2 Å². The molecule has 2 bridgehead atoms. The van der Waals surface area contributed by atoms with Crippen molar-refractivity contribution in [3.63, 3.8) is 0 Å². The second-order valence-corrected chi connectivity index (χ2v) is 9.71. The lowest BCUT2D eigenvalue weighted by molar-refractivity contribution is -0.140. The van der Waals surface area contributed by atoms with E-state index in [1.54, 1.807) is 0 Å². The Labute approximate surface area is 192 Å². The van der Waals surface area contributed by atoms with Crippen molar-refractivity contribution in [3.8, 4) is 0 Å². The number of fused-ring (bicyclic) bond motifs is 5. The van der Waals surface area contributed by atoms with Crippen LogP contribution < -0.4 is 10.6 Å². The Bertz CT molecular complexity index is 684. The minimum Gasteiger partial charge on any atom is -0.378 e. The van der Waals surface area contributed by atoms with Gasteiger partial charge in [-0.3, -0.25) is 19.5 Å². The van der Waals surface area contributed by atoms with Gasteiger partial charge in [-0.1, -0.05) is 37.8 Å². The summed E-state index contributed by atoms with van der Waals surface area (Å²) in [4.78, 5) is 31.7. The van der Waals surface area contributed by atoms with E-state index in [9.17, 15) is 9.59 Å². The number of aliphatic imine (C=N–C) groups is 1. The maximum atomic E-state index is 12.8. The third kappa shape index (κ3) is 5.36. The summed E-state index contributed by atoms with van der Waals surface area (Å²) in [6, 6.07) is 0. The van der Waals surface area contributed by atoms with Gasteiger partial charge in [0.25, 0.3) is 0 Å². The number of guanidine groups is 1. The molecular formula is C25H40N4O3. The number of hydrogen-bond donors (Lipinski definition) is 2. The zero-order valence-electron chi connectivity index (χ0n) is 19.6. The van der Waals surface area contributed by atoms with Crippen LogP contribution >= 0.6 is 0 Å². The number of hydrogen-bond acceptors (Lipinski definition) is 4. The van der Waals surface area contributed by atoms with Crippen molar-refractivity contribution in [1.29, 1.82) is 0 Å². The topological polar surface area (TPSA) is 83.0 Å². The van der Waals surface area contributed by atoms with E-state index < -0.39 is 0 Å². The summed E-state index contributed by atoms with van der Waals surface area (Å²) in [5.74, 6) is 1.11. The van der Waals surface area contributed by atoms with Crippen molar-refractivity contribution in [2.24, 2.45) is 28.7 Å². The second-order valence-electron chi connectivity index (χ2n) is 9.71. The number of imide groups is 1. The first kappa shape index (κ1) is 23.3. The third-order valence-electron chi connectivity index (χ3n) is 7.51. The average molecular weight is 445 g/mol. The second kappa shape index (κ2) is 11.3. The molecule has 178 valence electrons. The summed E-state index contributed by atoms with van der Waals surface area (Å²) in [6.07, 6.45) is 15.5. The zero-order valence-corrected chi connectivity index (χ0v) is 19.6. The van der Waals surface area contributed by atoms with E-state index in [0.717, 1.165) is 44.9 Å². The van der Waals surface area contributed by atoms with Crippen LogP contribution in [0, 0.1) is 23.7 Å². The fourth-order valence-electron chi connectivity index (χ4n) is 5.88. The van der Waals surface area contributed by atoms with E-state index in [2.05, 4.69) is 27.8 Å². The smallest absolute Gasteiger partial charge is 0.233 e. The van der Waals surface area contributed by atoms with E-state index in [4.69, 9.17) is 4.74 Å². The average Bonchev–Trinajstić information content (AvgIpc) is 3.39. The molecule has 2 saturated carbocycles. The summed E-state index contributed by atoms with van der Waals surface area (Å²) in [7, 11) is 0. The molecule has 1 aliphatic heterocycles. The molecule has 4 aliphatic rings. The molecule has 3 fully saturated rings. The van der Waals surface area contributed by atoms with Gasteiger partial charge in [0.2, 0.25) is 11.8 Å². The molecule has 0 aromatic rings. The van der Waals surface area contributed by atoms with Crippen LogP contribution in [0.4, 0.5) is 0 Å². The summed E-state index contributed by atoms with van der Waals surface area (Å²) < 4.78 is 6.06. The Hall–Kier alpha value is -1.89. The van der Waals surface area contributed by atoms with Crippen LogP contribution in [-0.2, 0) is 14.3 Å². The molecule has 4 unspecified atom stereocenters. The van der Waals surface area contributed by atoms with E-state index in [1.165, 1.54) is 43.4 Å². The molecule has 0 spiro atoms. The number of rotatable bonds is 10. The summed E-state index contributed by atoms with van der Waals surface area (Å²) >= 11 is 0. The highest BCUT2D eigenvalue weighted by atomic mass is 16.5. The highest BCUT2D eigenvalue weighted by Gasteiger charge is 2.58. The van der Waals surface area contributed by atoms with Gasteiger partial charge in [-0.15, -0.1) is 0 Å². The maximum absolute atomic E-state index is 12.8. The van der Waals surface area contributed by atoms with E-state index >= 15 is 0 Å². The highest BCUT2D eigenvalue weighted by Crippen LogP contribution is 2.52. The van der Waals surface area contributed by atoms with Gasteiger partial charge in [-0.25, -0.2) is 0 Å². The molecule has 7 nitrogen and oxygen atoms in total. The Balaban J connectivity index is 1.14. The van der Waals surface area contributed by atoms with Crippen LogP contribution in [0.15, 0.2) is 17.1 Å². The van der Waals surface area contributed by atoms with Crippen LogP contribution in [0.3, 0.4) is 0 Å². The lowest BCUT2D eigenvalue weighted by Crippen LogP contribution is -2.43. The molecule has 0 aromatic carbocycles. The van der Waals surface area contributed by atoms with Crippen molar-refractivity contribution in [3.05, 3.63) is 12.2 Å². The Kier molecular flexibility index (Phi) is 8.22. The molecular weight excluding hydrogens is 404 g/mol. The van der Waals surface area contributed by atoms with Crippen molar-refractivity contribution < 1.29 is 14.3 Å². The fraction of sp³-hybridized carbons (Fsp3) is 0.800. The zero-order chi connectivity index (χ0) is 22.3. The molecule has 1 saturated heterocycles. The van der Waals surface area contributed by atoms with Gasteiger partial charge in [0.1, 0.15) is 0 Å². The molecule has 4 rings (SSSR count). The largest absolute Gasteiger partial charge is 0.378 e. The number of carbonyl (C=O) groups is 2. The highest BCUT2D eigenvalue weighted by molar-refractivity contribution is 6.06. The summed E-state index contributed by atoms with van der Waals surface area (Å²) in [6.45, 7) is 5.30. The number of ether oxygens (including phenoxy) is 1. The Morgan fingerprint density at radius 3 is 2.38 bits per heavy atom. The number of allylic oxidation sites excluding steroid dienone is 2. The van der Waals surface area contributed by atoms with Crippen LogP contribution in [0.5, 0.6) is 0 Å². The molecule has 2 N–H and O–H groups in total. The fourth-order valence-corrected chi connectivity index (χ4v) is 5.88. The third-order valence-corrected chi connectivity index (χ3v) is 7.51. The van der Waals surface area contributed by atoms with Crippen LogP contribution in [0.1, 0.15) is 64.7 Å². The Morgan fingerprint density at radius 1 is 1.03 bits per heavy atom. The van der Waals surface area contributed by atoms with Gasteiger partial charge < -0.3 is 15.4 Å². The molecule has 32 heavy (non-hydrogen) atoms. The van der Waals surface area contributed by atoms with Crippen LogP contribution in [-0.4, -0.2) is 61.6 Å². The Morgan fingerprint density at radius 2 is 1.72 bits per heavy atom. The molecule has 7 heteroatoms. The van der Waals surface area contributed by atoms with Crippen molar-refractivity contribution in [2.45, 2.75) is 70.8 Å². The standard InChI is InChI=1S/C25H40N4O3/c1-2-26-25(27-13-7-8-16-32-20-9-5-3-4-6-10-20)28-14-15-29-23(30)21-18-11-12-19(17-18)22(21)24(29)31/h11-12,18-22H,2-10,13-17H2,1H3,(H2,26,27,28). The van der Waals surface area contributed by atoms with E-state index in [1.807, 2.05) is 6.92 Å². The molecule has 3 aliphatic carbocycles. The normalized spacial score (nSPS) is 30.2. The first-order valence-electron chi connectivity index (χ1n) is 12.9. The van der Waals surface area contributed by atoms with Crippen LogP contribution in [0.2, 0.25) is 0 Å². The molecule has 4 atom stereocenters. The maximum Gasteiger partial charge on any atom is 0.233 e. The SMILES string of the molecule is CCNC(=NCCCCOC1CCCCCC1)NCCN1C(=O)C2C3C=CC(C3)C2C1=O. The summed E-state index contributed by atoms with van der Waals surface area (Å²) in [5.41, 5.74) is 0. The van der Waals surface area contributed by atoms with Gasteiger partial charge in [0.05, 0.1) is 17.9 Å². The predicted molar refractivity (Wildman–Crippen MR) is 125 cm³/mol.